The minimum atomic E-state index is -0.268. The van der Waals surface area contributed by atoms with Gasteiger partial charge in [-0.05, 0) is 6.92 Å². The van der Waals surface area contributed by atoms with Gasteiger partial charge in [-0.15, -0.1) is 11.3 Å². The molecule has 2 heterocycles. The minimum Gasteiger partial charge on any atom is -0.382 e. The molecule has 2 rings (SSSR count). The average molecular weight is 299 g/mol. The SMILES string of the molecule is CCn1ncc(NCC(C)c2nccs2)c(Cl)c1=O. The summed E-state index contributed by atoms with van der Waals surface area (Å²) < 4.78 is 1.33. The fourth-order valence-corrected chi connectivity index (χ4v) is 2.55. The Kier molecular flexibility index (Phi) is 4.55. The van der Waals surface area contributed by atoms with Crippen LogP contribution in [0.25, 0.3) is 0 Å². The first-order chi connectivity index (χ1) is 9.13. The number of nitrogens with zero attached hydrogens (tertiary/aromatic N) is 3. The van der Waals surface area contributed by atoms with Gasteiger partial charge in [0.25, 0.3) is 5.56 Å². The molecule has 0 aliphatic rings. The Morgan fingerprint density at radius 1 is 1.58 bits per heavy atom. The van der Waals surface area contributed by atoms with Crippen LogP contribution in [0.4, 0.5) is 5.69 Å². The lowest BCUT2D eigenvalue weighted by atomic mass is 10.2. The molecule has 1 atom stereocenters. The highest BCUT2D eigenvalue weighted by Gasteiger charge is 2.11. The van der Waals surface area contributed by atoms with E-state index < -0.39 is 0 Å². The number of hydrogen-bond donors (Lipinski definition) is 1. The molecule has 0 radical (unpaired) electrons. The lowest BCUT2D eigenvalue weighted by Gasteiger charge is -2.12. The quantitative estimate of drug-likeness (QED) is 0.922. The van der Waals surface area contributed by atoms with Crippen LogP contribution in [-0.4, -0.2) is 21.3 Å². The van der Waals surface area contributed by atoms with Gasteiger partial charge in [-0.25, -0.2) is 9.67 Å². The monoisotopic (exact) mass is 298 g/mol. The zero-order chi connectivity index (χ0) is 13.8. The molecule has 0 saturated carbocycles. The van der Waals surface area contributed by atoms with Gasteiger partial charge in [0.15, 0.2) is 0 Å². The number of hydrogen-bond acceptors (Lipinski definition) is 5. The maximum absolute atomic E-state index is 11.8. The first-order valence-corrected chi connectivity index (χ1v) is 7.28. The molecule has 1 unspecified atom stereocenters. The van der Waals surface area contributed by atoms with Crippen molar-refractivity contribution in [1.82, 2.24) is 14.8 Å². The number of aromatic nitrogens is 3. The van der Waals surface area contributed by atoms with E-state index in [0.29, 0.717) is 18.8 Å². The molecule has 7 heteroatoms. The highest BCUT2D eigenvalue weighted by Crippen LogP contribution is 2.20. The second-order valence-electron chi connectivity index (χ2n) is 4.15. The summed E-state index contributed by atoms with van der Waals surface area (Å²) in [6.45, 7) is 5.08. The van der Waals surface area contributed by atoms with Gasteiger partial charge in [-0.1, -0.05) is 18.5 Å². The maximum Gasteiger partial charge on any atom is 0.287 e. The maximum atomic E-state index is 11.8. The first kappa shape index (κ1) is 14.0. The van der Waals surface area contributed by atoms with Gasteiger partial charge < -0.3 is 5.32 Å². The Bertz CT molecular complexity index is 596. The number of rotatable bonds is 5. The molecule has 0 fully saturated rings. The van der Waals surface area contributed by atoms with Crippen LogP contribution in [-0.2, 0) is 6.54 Å². The third-order valence-electron chi connectivity index (χ3n) is 2.76. The van der Waals surface area contributed by atoms with E-state index in [9.17, 15) is 4.79 Å². The molecule has 0 aliphatic heterocycles. The molecule has 0 aromatic carbocycles. The molecule has 0 aliphatic carbocycles. The van der Waals surface area contributed by atoms with E-state index in [1.807, 2.05) is 12.3 Å². The zero-order valence-electron chi connectivity index (χ0n) is 10.8. The van der Waals surface area contributed by atoms with Crippen LogP contribution < -0.4 is 10.9 Å². The van der Waals surface area contributed by atoms with E-state index in [2.05, 4.69) is 22.3 Å². The Hall–Kier alpha value is -1.40. The van der Waals surface area contributed by atoms with E-state index in [1.165, 1.54) is 4.68 Å². The van der Waals surface area contributed by atoms with E-state index in [4.69, 9.17) is 11.6 Å². The number of aryl methyl sites for hydroxylation is 1. The molecule has 1 N–H and O–H groups in total. The molecular formula is C12H15ClN4OS. The molecule has 0 spiro atoms. The van der Waals surface area contributed by atoms with Gasteiger partial charge in [0.2, 0.25) is 0 Å². The summed E-state index contributed by atoms with van der Waals surface area (Å²) in [4.78, 5) is 16.1. The normalized spacial score (nSPS) is 12.4. The molecule has 0 saturated heterocycles. The Balaban J connectivity index is 2.08. The Morgan fingerprint density at radius 3 is 3.00 bits per heavy atom. The summed E-state index contributed by atoms with van der Waals surface area (Å²) in [7, 11) is 0. The van der Waals surface area contributed by atoms with Crippen LogP contribution in [0, 0.1) is 0 Å². The van der Waals surface area contributed by atoms with Crippen LogP contribution in [0.5, 0.6) is 0 Å². The van der Waals surface area contributed by atoms with Crippen molar-refractivity contribution in [1.29, 1.82) is 0 Å². The highest BCUT2D eigenvalue weighted by atomic mass is 35.5. The van der Waals surface area contributed by atoms with E-state index >= 15 is 0 Å². The summed E-state index contributed by atoms with van der Waals surface area (Å²) in [5.41, 5.74) is 0.302. The molecule has 5 nitrogen and oxygen atoms in total. The van der Waals surface area contributed by atoms with E-state index in [0.717, 1.165) is 5.01 Å². The summed E-state index contributed by atoms with van der Waals surface area (Å²) in [6, 6.07) is 0. The van der Waals surface area contributed by atoms with Gasteiger partial charge in [0, 0.05) is 30.6 Å². The molecule has 0 amide bonds. The second-order valence-corrected chi connectivity index (χ2v) is 5.45. The van der Waals surface area contributed by atoms with Crippen molar-refractivity contribution in [2.24, 2.45) is 0 Å². The fourth-order valence-electron chi connectivity index (χ4n) is 1.64. The molecular weight excluding hydrogens is 284 g/mol. The number of nitrogens with one attached hydrogen (secondary N) is 1. The molecule has 0 bridgehead atoms. The largest absolute Gasteiger partial charge is 0.382 e. The lowest BCUT2D eigenvalue weighted by Crippen LogP contribution is -2.24. The summed E-state index contributed by atoms with van der Waals surface area (Å²) in [5.74, 6) is 0.254. The number of halogens is 1. The Labute approximate surface area is 120 Å². The predicted molar refractivity (Wildman–Crippen MR) is 78.2 cm³/mol. The van der Waals surface area contributed by atoms with E-state index in [-0.39, 0.29) is 16.5 Å². The van der Waals surface area contributed by atoms with Crippen LogP contribution in [0.1, 0.15) is 24.8 Å². The van der Waals surface area contributed by atoms with Crippen molar-refractivity contribution in [3.8, 4) is 0 Å². The second kappa shape index (κ2) is 6.16. The lowest BCUT2D eigenvalue weighted by molar-refractivity contribution is 0.616. The van der Waals surface area contributed by atoms with Crippen molar-refractivity contribution in [2.45, 2.75) is 26.3 Å². The van der Waals surface area contributed by atoms with Crippen molar-refractivity contribution in [3.63, 3.8) is 0 Å². The highest BCUT2D eigenvalue weighted by molar-refractivity contribution is 7.09. The van der Waals surface area contributed by atoms with Gasteiger partial charge in [-0.3, -0.25) is 4.79 Å². The van der Waals surface area contributed by atoms with Gasteiger partial charge in [-0.2, -0.15) is 5.10 Å². The first-order valence-electron chi connectivity index (χ1n) is 6.02. The third kappa shape index (κ3) is 3.13. The predicted octanol–water partition coefficient (Wildman–Crippen LogP) is 2.59. The third-order valence-corrected chi connectivity index (χ3v) is 4.13. The van der Waals surface area contributed by atoms with Crippen LogP contribution in [0.2, 0.25) is 5.02 Å². The van der Waals surface area contributed by atoms with Gasteiger partial charge >= 0.3 is 0 Å². The summed E-state index contributed by atoms with van der Waals surface area (Å²) in [5, 5.41) is 10.4. The minimum absolute atomic E-state index is 0.184. The van der Waals surface area contributed by atoms with Crippen LogP contribution in [0.15, 0.2) is 22.6 Å². The standard InChI is InChI=1S/C12H15ClN4OS/c1-3-17-12(18)10(13)9(7-16-17)15-6-8(2)11-14-4-5-19-11/h4-5,7-8,15H,3,6H2,1-2H3. The van der Waals surface area contributed by atoms with Crippen molar-refractivity contribution in [2.75, 3.05) is 11.9 Å². The average Bonchev–Trinajstić information content (AvgIpc) is 2.94. The summed E-state index contributed by atoms with van der Waals surface area (Å²) in [6.07, 6.45) is 3.37. The van der Waals surface area contributed by atoms with Gasteiger partial charge in [0.05, 0.1) is 16.9 Å². The zero-order valence-corrected chi connectivity index (χ0v) is 12.3. The number of anilines is 1. The topological polar surface area (TPSA) is 59.8 Å². The Morgan fingerprint density at radius 2 is 2.37 bits per heavy atom. The van der Waals surface area contributed by atoms with Crippen molar-refractivity contribution >= 4 is 28.6 Å². The molecule has 19 heavy (non-hydrogen) atoms. The molecule has 2 aromatic rings. The molecule has 2 aromatic heterocycles. The van der Waals surface area contributed by atoms with E-state index in [1.54, 1.807) is 23.7 Å². The smallest absolute Gasteiger partial charge is 0.287 e. The summed E-state index contributed by atoms with van der Waals surface area (Å²) >= 11 is 7.65. The van der Waals surface area contributed by atoms with Crippen molar-refractivity contribution < 1.29 is 0 Å². The fraction of sp³-hybridized carbons (Fsp3) is 0.417. The van der Waals surface area contributed by atoms with Crippen molar-refractivity contribution in [3.05, 3.63) is 38.2 Å². The van der Waals surface area contributed by atoms with Crippen LogP contribution in [0.3, 0.4) is 0 Å². The molecule has 102 valence electrons. The van der Waals surface area contributed by atoms with Gasteiger partial charge in [0.1, 0.15) is 5.02 Å². The number of thiazole rings is 1. The van der Waals surface area contributed by atoms with Crippen LogP contribution >= 0.6 is 22.9 Å².